The summed E-state index contributed by atoms with van der Waals surface area (Å²) < 4.78 is 8.53. The maximum Gasteiger partial charge on any atom is 0.122 e. The van der Waals surface area contributed by atoms with Crippen molar-refractivity contribution in [3.63, 3.8) is 0 Å². The molecule has 6 heteroatoms. The first-order valence-electron chi connectivity index (χ1n) is 5.40. The monoisotopic (exact) mass is 356 g/mol. The van der Waals surface area contributed by atoms with Crippen LogP contribution in [0, 0.1) is 8.98 Å². The number of benzene rings is 1. The van der Waals surface area contributed by atoms with Gasteiger partial charge < -0.3 is 10.5 Å². The Morgan fingerprint density at radius 3 is 2.67 bits per heavy atom. The number of hydrogen-bond acceptors (Lipinski definition) is 3. The fourth-order valence-corrected chi connectivity index (χ4v) is 1.89. The molecule has 2 aromatic rings. The molecule has 5 nitrogen and oxygen atoms in total. The Morgan fingerprint density at radius 2 is 2.11 bits per heavy atom. The number of rotatable bonds is 5. The van der Waals surface area contributed by atoms with E-state index in [1.54, 1.807) is 12.1 Å². The summed E-state index contributed by atoms with van der Waals surface area (Å²) in [4.78, 5) is 0. The molecule has 1 heterocycles. The Hall–Kier alpha value is -1.57. The van der Waals surface area contributed by atoms with Gasteiger partial charge >= 0.3 is 0 Å². The van der Waals surface area contributed by atoms with Gasteiger partial charge in [-0.2, -0.15) is 5.10 Å². The van der Waals surface area contributed by atoms with E-state index in [4.69, 9.17) is 15.9 Å². The molecule has 0 atom stereocenters. The second kappa shape index (κ2) is 5.85. The molecule has 3 N–H and O–H groups in total. The quantitative estimate of drug-likeness (QED) is 0.488. The summed E-state index contributed by atoms with van der Waals surface area (Å²) in [6.45, 7) is 1.26. The maximum absolute atomic E-state index is 7.28. The molecular formula is C12H13IN4O. The summed E-state index contributed by atoms with van der Waals surface area (Å²) in [7, 11) is 0. The molecule has 0 spiro atoms. The summed E-state index contributed by atoms with van der Waals surface area (Å²) >= 11 is 2.22. The number of aromatic nitrogens is 2. The van der Waals surface area contributed by atoms with Crippen LogP contribution in [-0.4, -0.2) is 22.2 Å². The minimum absolute atomic E-state index is 0.0627. The zero-order chi connectivity index (χ0) is 13.0. The average Bonchev–Trinajstić information content (AvgIpc) is 2.76. The molecule has 2 rings (SSSR count). The number of ether oxygens (including phenoxy) is 1. The lowest BCUT2D eigenvalue weighted by Crippen LogP contribution is -2.11. The van der Waals surface area contributed by atoms with Crippen LogP contribution in [0.1, 0.15) is 5.56 Å². The van der Waals surface area contributed by atoms with Crippen molar-refractivity contribution < 1.29 is 4.74 Å². The smallest absolute Gasteiger partial charge is 0.122 e. The second-order valence-corrected chi connectivity index (χ2v) is 4.95. The van der Waals surface area contributed by atoms with Crippen molar-refractivity contribution >= 4 is 28.4 Å². The van der Waals surface area contributed by atoms with Gasteiger partial charge in [-0.3, -0.25) is 10.1 Å². The van der Waals surface area contributed by atoms with Gasteiger partial charge in [0.15, 0.2) is 0 Å². The van der Waals surface area contributed by atoms with Crippen LogP contribution in [0.4, 0.5) is 0 Å². The van der Waals surface area contributed by atoms with E-state index in [0.717, 1.165) is 9.32 Å². The molecule has 0 unspecified atom stereocenters. The number of nitrogens with one attached hydrogen (secondary N) is 1. The van der Waals surface area contributed by atoms with E-state index >= 15 is 0 Å². The summed E-state index contributed by atoms with van der Waals surface area (Å²) in [6, 6.07) is 7.16. The predicted octanol–water partition coefficient (Wildman–Crippen LogP) is 1.85. The lowest BCUT2D eigenvalue weighted by atomic mass is 10.2. The minimum Gasteiger partial charge on any atom is -0.492 e. The van der Waals surface area contributed by atoms with Crippen molar-refractivity contribution in [2.24, 2.45) is 5.73 Å². The molecule has 0 aliphatic carbocycles. The van der Waals surface area contributed by atoms with Gasteiger partial charge in [0, 0.05) is 11.8 Å². The van der Waals surface area contributed by atoms with Crippen molar-refractivity contribution in [2.75, 3.05) is 6.61 Å². The Labute approximate surface area is 119 Å². The Balaban J connectivity index is 1.85. The number of amidine groups is 1. The summed E-state index contributed by atoms with van der Waals surface area (Å²) in [5.74, 6) is 0.828. The zero-order valence-electron chi connectivity index (χ0n) is 9.64. The standard InChI is InChI=1S/C12H13IN4O/c13-10-7-16-17(8-10)5-6-18-11-3-1-9(2-4-11)12(14)15/h1-4,7-8H,5-6H2,(H3,14,15). The molecule has 94 valence electrons. The molecular weight excluding hydrogens is 343 g/mol. The van der Waals surface area contributed by atoms with Crippen LogP contribution >= 0.6 is 22.6 Å². The van der Waals surface area contributed by atoms with Crippen LogP contribution in [-0.2, 0) is 6.54 Å². The van der Waals surface area contributed by atoms with Gasteiger partial charge in [-0.15, -0.1) is 0 Å². The molecule has 0 saturated heterocycles. The van der Waals surface area contributed by atoms with Crippen molar-refractivity contribution in [3.05, 3.63) is 45.8 Å². The molecule has 1 aromatic heterocycles. The highest BCUT2D eigenvalue weighted by Crippen LogP contribution is 2.11. The summed E-state index contributed by atoms with van der Waals surface area (Å²) in [5.41, 5.74) is 6.07. The minimum atomic E-state index is 0.0627. The van der Waals surface area contributed by atoms with Crippen LogP contribution in [0.3, 0.4) is 0 Å². The second-order valence-electron chi connectivity index (χ2n) is 3.71. The van der Waals surface area contributed by atoms with E-state index in [0.29, 0.717) is 18.7 Å². The average molecular weight is 356 g/mol. The third kappa shape index (κ3) is 3.46. The molecule has 0 aliphatic heterocycles. The third-order valence-corrected chi connectivity index (χ3v) is 2.91. The van der Waals surface area contributed by atoms with Crippen molar-refractivity contribution in [1.29, 1.82) is 5.41 Å². The van der Waals surface area contributed by atoms with Gasteiger partial charge in [0.2, 0.25) is 0 Å². The highest BCUT2D eigenvalue weighted by atomic mass is 127. The highest BCUT2D eigenvalue weighted by molar-refractivity contribution is 14.1. The van der Waals surface area contributed by atoms with Gasteiger partial charge in [0.05, 0.1) is 16.3 Å². The third-order valence-electron chi connectivity index (χ3n) is 2.36. The molecule has 1 aromatic carbocycles. The fraction of sp³-hybridized carbons (Fsp3) is 0.167. The topological polar surface area (TPSA) is 76.9 Å². The van der Waals surface area contributed by atoms with Crippen LogP contribution in [0.25, 0.3) is 0 Å². The van der Waals surface area contributed by atoms with Crippen LogP contribution in [0.2, 0.25) is 0 Å². The molecule has 0 aliphatic rings. The first-order chi connectivity index (χ1) is 8.65. The van der Waals surface area contributed by atoms with Gasteiger partial charge in [-0.1, -0.05) is 0 Å². The lowest BCUT2D eigenvalue weighted by molar-refractivity contribution is 0.291. The van der Waals surface area contributed by atoms with E-state index in [9.17, 15) is 0 Å². The van der Waals surface area contributed by atoms with E-state index in [1.807, 2.05) is 29.2 Å². The highest BCUT2D eigenvalue weighted by Gasteiger charge is 1.99. The molecule has 0 amide bonds. The van der Waals surface area contributed by atoms with Gasteiger partial charge in [-0.25, -0.2) is 0 Å². The summed E-state index contributed by atoms with van der Waals surface area (Å²) in [6.07, 6.45) is 3.77. The Morgan fingerprint density at radius 1 is 1.39 bits per heavy atom. The largest absolute Gasteiger partial charge is 0.492 e. The summed E-state index contributed by atoms with van der Waals surface area (Å²) in [5, 5.41) is 11.5. The van der Waals surface area contributed by atoms with Crippen molar-refractivity contribution in [3.8, 4) is 5.75 Å². The first-order valence-corrected chi connectivity index (χ1v) is 6.48. The van der Waals surface area contributed by atoms with Gasteiger partial charge in [-0.05, 0) is 46.9 Å². The zero-order valence-corrected chi connectivity index (χ0v) is 11.8. The van der Waals surface area contributed by atoms with E-state index in [2.05, 4.69) is 27.7 Å². The molecule has 0 bridgehead atoms. The van der Waals surface area contributed by atoms with Crippen molar-refractivity contribution in [1.82, 2.24) is 9.78 Å². The first kappa shape index (κ1) is 12.9. The van der Waals surface area contributed by atoms with E-state index in [1.165, 1.54) is 0 Å². The normalized spacial score (nSPS) is 10.3. The predicted molar refractivity (Wildman–Crippen MR) is 77.9 cm³/mol. The fourth-order valence-electron chi connectivity index (χ4n) is 1.45. The maximum atomic E-state index is 7.28. The SMILES string of the molecule is N=C(N)c1ccc(OCCn2cc(I)cn2)cc1. The molecule has 0 saturated carbocycles. The molecule has 0 radical (unpaired) electrons. The number of nitrogens with two attached hydrogens (primary N) is 1. The Bertz CT molecular complexity index is 535. The Kier molecular flexibility index (Phi) is 4.19. The van der Waals surface area contributed by atoms with Crippen LogP contribution in [0.5, 0.6) is 5.75 Å². The van der Waals surface area contributed by atoms with Gasteiger partial charge in [0.1, 0.15) is 18.2 Å². The van der Waals surface area contributed by atoms with Crippen LogP contribution in [0.15, 0.2) is 36.7 Å². The van der Waals surface area contributed by atoms with E-state index in [-0.39, 0.29) is 5.84 Å². The number of nitrogen functional groups attached to an aromatic ring is 1. The molecule has 0 fully saturated rings. The van der Waals surface area contributed by atoms with Crippen molar-refractivity contribution in [2.45, 2.75) is 6.54 Å². The van der Waals surface area contributed by atoms with Crippen LogP contribution < -0.4 is 10.5 Å². The van der Waals surface area contributed by atoms with Gasteiger partial charge in [0.25, 0.3) is 0 Å². The number of halogens is 1. The number of hydrogen-bond donors (Lipinski definition) is 2. The lowest BCUT2D eigenvalue weighted by Gasteiger charge is -2.06. The van der Waals surface area contributed by atoms with E-state index < -0.39 is 0 Å². The molecule has 18 heavy (non-hydrogen) atoms. The number of nitrogens with zero attached hydrogens (tertiary/aromatic N) is 2.